The molecule has 0 aliphatic carbocycles. The molecular formula is C26H26N2O3. The number of carbonyl (C=O) groups excluding carboxylic acids is 1. The van der Waals surface area contributed by atoms with Crippen LogP contribution in [0.15, 0.2) is 65.1 Å². The Morgan fingerprint density at radius 3 is 2.61 bits per heavy atom. The molecule has 0 aliphatic rings. The molecule has 1 N–H and O–H groups in total. The van der Waals surface area contributed by atoms with Crippen LogP contribution in [0.25, 0.3) is 22.6 Å². The number of rotatable bonds is 6. The highest BCUT2D eigenvalue weighted by Crippen LogP contribution is 2.29. The van der Waals surface area contributed by atoms with Crippen molar-refractivity contribution in [3.63, 3.8) is 0 Å². The van der Waals surface area contributed by atoms with Crippen LogP contribution in [-0.4, -0.2) is 17.5 Å². The molecule has 4 rings (SSSR count). The first-order chi connectivity index (χ1) is 14.9. The van der Waals surface area contributed by atoms with E-state index in [-0.39, 0.29) is 12.5 Å². The summed E-state index contributed by atoms with van der Waals surface area (Å²) in [4.78, 5) is 17.1. The Balaban J connectivity index is 1.52. The van der Waals surface area contributed by atoms with Crippen molar-refractivity contribution < 1.29 is 13.9 Å². The first kappa shape index (κ1) is 20.7. The lowest BCUT2D eigenvalue weighted by molar-refractivity contribution is -0.118. The second kappa shape index (κ2) is 8.64. The van der Waals surface area contributed by atoms with E-state index in [4.69, 9.17) is 9.15 Å². The molecule has 0 aliphatic heterocycles. The second-order valence-corrected chi connectivity index (χ2v) is 8.03. The summed E-state index contributed by atoms with van der Waals surface area (Å²) in [5.74, 6) is 1.44. The normalized spacial score (nSPS) is 11.1. The molecule has 5 nitrogen and oxygen atoms in total. The number of para-hydroxylation sites is 1. The molecule has 4 aromatic rings. The summed E-state index contributed by atoms with van der Waals surface area (Å²) in [6.07, 6.45) is 0. The largest absolute Gasteiger partial charge is 0.483 e. The van der Waals surface area contributed by atoms with Crippen LogP contribution in [0, 0.1) is 13.8 Å². The summed E-state index contributed by atoms with van der Waals surface area (Å²) in [7, 11) is 0. The number of hydrogen-bond donors (Lipinski definition) is 1. The summed E-state index contributed by atoms with van der Waals surface area (Å²) in [5.41, 5.74) is 6.26. The molecule has 158 valence electrons. The summed E-state index contributed by atoms with van der Waals surface area (Å²) in [5, 5.41) is 2.93. The maximum atomic E-state index is 12.5. The molecule has 0 radical (unpaired) electrons. The highest BCUT2D eigenvalue weighted by Gasteiger charge is 2.13. The van der Waals surface area contributed by atoms with Gasteiger partial charge in [-0.3, -0.25) is 4.79 Å². The lowest BCUT2D eigenvalue weighted by atomic mass is 10.0. The number of aryl methyl sites for hydroxylation is 2. The van der Waals surface area contributed by atoms with Gasteiger partial charge < -0.3 is 14.5 Å². The van der Waals surface area contributed by atoms with Crippen molar-refractivity contribution in [2.45, 2.75) is 33.6 Å². The fourth-order valence-electron chi connectivity index (χ4n) is 3.36. The number of aromatic nitrogens is 1. The van der Waals surface area contributed by atoms with Gasteiger partial charge in [0, 0.05) is 11.3 Å². The standard InChI is InChI=1S/C26H26N2O3/c1-16(2)19-11-12-24-22(13-19)28-26(31-24)20-10-9-17(3)21(14-20)27-25(29)15-30-23-8-6-5-7-18(23)4/h5-14,16H,15H2,1-4H3,(H,27,29). The van der Waals surface area contributed by atoms with Crippen molar-refractivity contribution in [1.82, 2.24) is 4.98 Å². The zero-order valence-corrected chi connectivity index (χ0v) is 18.2. The van der Waals surface area contributed by atoms with E-state index in [9.17, 15) is 4.79 Å². The molecule has 31 heavy (non-hydrogen) atoms. The van der Waals surface area contributed by atoms with Crippen LogP contribution in [0.5, 0.6) is 5.75 Å². The lowest BCUT2D eigenvalue weighted by Crippen LogP contribution is -2.20. The van der Waals surface area contributed by atoms with Gasteiger partial charge >= 0.3 is 0 Å². The predicted molar refractivity (Wildman–Crippen MR) is 124 cm³/mol. The second-order valence-electron chi connectivity index (χ2n) is 8.03. The minimum Gasteiger partial charge on any atom is -0.483 e. The van der Waals surface area contributed by atoms with Crippen LogP contribution in [0.3, 0.4) is 0 Å². The number of fused-ring (bicyclic) bond motifs is 1. The summed E-state index contributed by atoms with van der Waals surface area (Å²) < 4.78 is 11.6. The van der Waals surface area contributed by atoms with E-state index in [1.807, 2.05) is 62.4 Å². The maximum absolute atomic E-state index is 12.5. The number of ether oxygens (including phenoxy) is 1. The van der Waals surface area contributed by atoms with Gasteiger partial charge in [0.15, 0.2) is 12.2 Å². The Hall–Kier alpha value is -3.60. The third kappa shape index (κ3) is 4.61. The van der Waals surface area contributed by atoms with E-state index in [1.54, 1.807) is 0 Å². The average molecular weight is 415 g/mol. The Kier molecular flexibility index (Phi) is 5.76. The van der Waals surface area contributed by atoms with E-state index in [0.29, 0.717) is 23.2 Å². The smallest absolute Gasteiger partial charge is 0.262 e. The minimum absolute atomic E-state index is 0.0601. The van der Waals surface area contributed by atoms with Crippen molar-refractivity contribution >= 4 is 22.7 Å². The van der Waals surface area contributed by atoms with Crippen LogP contribution in [-0.2, 0) is 4.79 Å². The van der Waals surface area contributed by atoms with Crippen molar-refractivity contribution in [2.24, 2.45) is 0 Å². The predicted octanol–water partition coefficient (Wildman–Crippen LogP) is 6.25. The Labute approximate surface area is 182 Å². The summed E-state index contributed by atoms with van der Waals surface area (Å²) >= 11 is 0. The topological polar surface area (TPSA) is 64.4 Å². The maximum Gasteiger partial charge on any atom is 0.262 e. The molecule has 0 spiro atoms. The van der Waals surface area contributed by atoms with E-state index < -0.39 is 0 Å². The van der Waals surface area contributed by atoms with Gasteiger partial charge in [-0.15, -0.1) is 0 Å². The number of nitrogens with one attached hydrogen (secondary N) is 1. The van der Waals surface area contributed by atoms with Crippen LogP contribution in [0.2, 0.25) is 0 Å². The van der Waals surface area contributed by atoms with Crippen molar-refractivity contribution in [3.05, 3.63) is 77.4 Å². The Bertz CT molecular complexity index is 1240. The van der Waals surface area contributed by atoms with Gasteiger partial charge in [-0.2, -0.15) is 0 Å². The molecule has 0 atom stereocenters. The zero-order chi connectivity index (χ0) is 22.0. The number of oxazole rings is 1. The van der Waals surface area contributed by atoms with Crippen LogP contribution in [0.4, 0.5) is 5.69 Å². The Morgan fingerprint density at radius 2 is 1.84 bits per heavy atom. The molecule has 5 heteroatoms. The summed E-state index contributed by atoms with van der Waals surface area (Å²) in [6, 6.07) is 19.5. The quantitative estimate of drug-likeness (QED) is 0.405. The molecule has 0 saturated carbocycles. The molecule has 1 heterocycles. The van der Waals surface area contributed by atoms with E-state index in [0.717, 1.165) is 27.8 Å². The fourth-order valence-corrected chi connectivity index (χ4v) is 3.36. The van der Waals surface area contributed by atoms with Crippen LogP contribution >= 0.6 is 0 Å². The van der Waals surface area contributed by atoms with E-state index in [2.05, 4.69) is 36.3 Å². The van der Waals surface area contributed by atoms with Gasteiger partial charge in [0.25, 0.3) is 5.91 Å². The SMILES string of the molecule is Cc1ccc(-c2nc3cc(C(C)C)ccc3o2)cc1NC(=O)COc1ccccc1C. The van der Waals surface area contributed by atoms with Gasteiger partial charge in [-0.05, 0) is 66.8 Å². The highest BCUT2D eigenvalue weighted by atomic mass is 16.5. The van der Waals surface area contributed by atoms with Crippen molar-refractivity contribution in [2.75, 3.05) is 11.9 Å². The molecule has 0 saturated heterocycles. The number of anilines is 1. The third-order valence-corrected chi connectivity index (χ3v) is 5.29. The number of benzene rings is 3. The molecule has 0 unspecified atom stereocenters. The number of carbonyl (C=O) groups is 1. The van der Waals surface area contributed by atoms with Gasteiger partial charge in [0.2, 0.25) is 5.89 Å². The minimum atomic E-state index is -0.220. The third-order valence-electron chi connectivity index (χ3n) is 5.29. The first-order valence-electron chi connectivity index (χ1n) is 10.4. The van der Waals surface area contributed by atoms with Gasteiger partial charge in [0.1, 0.15) is 11.3 Å². The van der Waals surface area contributed by atoms with Gasteiger partial charge in [-0.25, -0.2) is 4.98 Å². The summed E-state index contributed by atoms with van der Waals surface area (Å²) in [6.45, 7) is 8.14. The first-order valence-corrected chi connectivity index (χ1v) is 10.4. The molecule has 0 fully saturated rings. The molecule has 1 aromatic heterocycles. The number of amides is 1. The van der Waals surface area contributed by atoms with Gasteiger partial charge in [-0.1, -0.05) is 44.2 Å². The Morgan fingerprint density at radius 1 is 1.03 bits per heavy atom. The number of nitrogens with zero attached hydrogens (tertiary/aromatic N) is 1. The molecule has 1 amide bonds. The van der Waals surface area contributed by atoms with Crippen molar-refractivity contribution in [1.29, 1.82) is 0 Å². The van der Waals surface area contributed by atoms with Gasteiger partial charge in [0.05, 0.1) is 0 Å². The highest BCUT2D eigenvalue weighted by molar-refractivity contribution is 5.93. The molecule has 3 aromatic carbocycles. The van der Waals surface area contributed by atoms with E-state index >= 15 is 0 Å². The zero-order valence-electron chi connectivity index (χ0n) is 18.2. The van der Waals surface area contributed by atoms with Crippen LogP contribution in [0.1, 0.15) is 36.5 Å². The lowest BCUT2D eigenvalue weighted by Gasteiger charge is -2.11. The van der Waals surface area contributed by atoms with Crippen molar-refractivity contribution in [3.8, 4) is 17.2 Å². The average Bonchev–Trinajstić information content (AvgIpc) is 3.18. The number of hydrogen-bond acceptors (Lipinski definition) is 4. The van der Waals surface area contributed by atoms with Crippen LogP contribution < -0.4 is 10.1 Å². The molecule has 0 bridgehead atoms. The monoisotopic (exact) mass is 414 g/mol. The fraction of sp³-hybridized carbons (Fsp3) is 0.231. The molecular weight excluding hydrogens is 388 g/mol. The van der Waals surface area contributed by atoms with E-state index in [1.165, 1.54) is 5.56 Å².